The molecule has 0 saturated heterocycles. The third-order valence-electron chi connectivity index (χ3n) is 4.28. The van der Waals surface area contributed by atoms with Gasteiger partial charge in [0, 0.05) is 23.8 Å². The summed E-state index contributed by atoms with van der Waals surface area (Å²) in [5.41, 5.74) is 1.38. The zero-order valence-corrected chi connectivity index (χ0v) is 16.7. The molecule has 0 radical (unpaired) electrons. The molecule has 0 aliphatic carbocycles. The SMILES string of the molecule is CC(=O)Nc1sc(C)c(C)c1C(=O)OCC(=O)c1ccc2c(c1)OCCCO2. The molecule has 1 amide bonds. The number of amides is 1. The largest absolute Gasteiger partial charge is 0.490 e. The van der Waals surface area contributed by atoms with E-state index < -0.39 is 12.6 Å². The number of rotatable bonds is 5. The number of carbonyl (C=O) groups is 3. The van der Waals surface area contributed by atoms with Gasteiger partial charge in [0.2, 0.25) is 5.91 Å². The van der Waals surface area contributed by atoms with Crippen LogP contribution in [0.3, 0.4) is 0 Å². The maximum atomic E-state index is 12.5. The summed E-state index contributed by atoms with van der Waals surface area (Å²) in [4.78, 5) is 37.3. The Kier molecular flexibility index (Phi) is 5.99. The Labute approximate surface area is 166 Å². The number of nitrogens with one attached hydrogen (secondary N) is 1. The summed E-state index contributed by atoms with van der Waals surface area (Å²) in [6, 6.07) is 4.89. The highest BCUT2D eigenvalue weighted by molar-refractivity contribution is 7.16. The molecule has 2 aromatic rings. The van der Waals surface area contributed by atoms with Crippen LogP contribution in [0.1, 0.15) is 44.5 Å². The topological polar surface area (TPSA) is 90.9 Å². The fraction of sp³-hybridized carbons (Fsp3) is 0.350. The van der Waals surface area contributed by atoms with Crippen LogP contribution in [0.5, 0.6) is 11.5 Å². The zero-order valence-electron chi connectivity index (χ0n) is 15.9. The van der Waals surface area contributed by atoms with Crippen LogP contribution < -0.4 is 14.8 Å². The average Bonchev–Trinajstić information content (AvgIpc) is 2.83. The second-order valence-corrected chi connectivity index (χ2v) is 7.60. The maximum Gasteiger partial charge on any atom is 0.341 e. The number of carbonyl (C=O) groups excluding carboxylic acids is 3. The van der Waals surface area contributed by atoms with Gasteiger partial charge in [-0.1, -0.05) is 0 Å². The molecule has 7 nitrogen and oxygen atoms in total. The van der Waals surface area contributed by atoms with E-state index in [1.54, 1.807) is 25.1 Å². The van der Waals surface area contributed by atoms with Crippen LogP contribution in [-0.2, 0) is 9.53 Å². The predicted molar refractivity (Wildman–Crippen MR) is 105 cm³/mol. The number of Topliss-reactive ketones (excluding diaryl/α,β-unsaturated/α-hetero) is 1. The average molecular weight is 403 g/mol. The van der Waals surface area contributed by atoms with Gasteiger partial charge in [-0.05, 0) is 37.6 Å². The normalized spacial score (nSPS) is 12.8. The molecule has 0 spiro atoms. The first-order valence-corrected chi connectivity index (χ1v) is 9.66. The number of hydrogen-bond donors (Lipinski definition) is 1. The van der Waals surface area contributed by atoms with Crippen molar-refractivity contribution in [1.82, 2.24) is 0 Å². The number of thiophene rings is 1. The highest BCUT2D eigenvalue weighted by atomic mass is 32.1. The highest BCUT2D eigenvalue weighted by Crippen LogP contribution is 2.33. The Morgan fingerprint density at radius 3 is 2.57 bits per heavy atom. The van der Waals surface area contributed by atoms with E-state index in [0.29, 0.717) is 35.3 Å². The fourth-order valence-electron chi connectivity index (χ4n) is 2.74. The van der Waals surface area contributed by atoms with Crippen LogP contribution in [-0.4, -0.2) is 37.5 Å². The number of ether oxygens (including phenoxy) is 3. The molecule has 1 aromatic heterocycles. The molecular formula is C20H21NO6S. The molecule has 2 heterocycles. The quantitative estimate of drug-likeness (QED) is 0.607. The van der Waals surface area contributed by atoms with E-state index in [1.165, 1.54) is 18.3 Å². The molecule has 0 unspecified atom stereocenters. The lowest BCUT2D eigenvalue weighted by atomic mass is 10.1. The number of anilines is 1. The van der Waals surface area contributed by atoms with Gasteiger partial charge in [-0.15, -0.1) is 11.3 Å². The molecule has 0 fully saturated rings. The van der Waals surface area contributed by atoms with E-state index in [0.717, 1.165) is 16.9 Å². The molecule has 0 atom stereocenters. The number of aryl methyl sites for hydroxylation is 1. The lowest BCUT2D eigenvalue weighted by Gasteiger charge is -2.10. The maximum absolute atomic E-state index is 12.5. The van der Waals surface area contributed by atoms with Gasteiger partial charge in [-0.2, -0.15) is 0 Å². The standard InChI is InChI=1S/C20H21NO6S/c1-11-12(2)28-19(21-13(3)22)18(11)20(24)27-10-15(23)14-5-6-16-17(9-14)26-8-4-7-25-16/h5-6,9H,4,7-8,10H2,1-3H3,(H,21,22). The van der Waals surface area contributed by atoms with Crippen molar-refractivity contribution in [2.45, 2.75) is 27.2 Å². The lowest BCUT2D eigenvalue weighted by Crippen LogP contribution is -2.16. The Morgan fingerprint density at radius 2 is 1.86 bits per heavy atom. The molecule has 1 aliphatic heterocycles. The van der Waals surface area contributed by atoms with Gasteiger partial charge in [-0.3, -0.25) is 9.59 Å². The van der Waals surface area contributed by atoms with Crippen molar-refractivity contribution >= 4 is 34.0 Å². The molecular weight excluding hydrogens is 382 g/mol. The third-order valence-corrected chi connectivity index (χ3v) is 5.41. The van der Waals surface area contributed by atoms with Crippen LogP contribution in [0.15, 0.2) is 18.2 Å². The van der Waals surface area contributed by atoms with Crippen LogP contribution in [0, 0.1) is 13.8 Å². The predicted octanol–water partition coefficient (Wildman–Crippen LogP) is 3.52. The van der Waals surface area contributed by atoms with E-state index in [4.69, 9.17) is 14.2 Å². The summed E-state index contributed by atoms with van der Waals surface area (Å²) in [5.74, 6) is -0.177. The Hall–Kier alpha value is -2.87. The number of esters is 1. The number of ketones is 1. The van der Waals surface area contributed by atoms with Gasteiger partial charge in [-0.25, -0.2) is 4.79 Å². The minimum atomic E-state index is -0.645. The first-order chi connectivity index (χ1) is 13.4. The van der Waals surface area contributed by atoms with Crippen molar-refractivity contribution in [2.24, 2.45) is 0 Å². The number of fused-ring (bicyclic) bond motifs is 1. The van der Waals surface area contributed by atoms with Gasteiger partial charge < -0.3 is 19.5 Å². The first-order valence-electron chi connectivity index (χ1n) is 8.84. The third kappa shape index (κ3) is 4.33. The molecule has 28 heavy (non-hydrogen) atoms. The van der Waals surface area contributed by atoms with Crippen LogP contribution in [0.25, 0.3) is 0 Å². The highest BCUT2D eigenvalue weighted by Gasteiger charge is 2.23. The van der Waals surface area contributed by atoms with Gasteiger partial charge in [0.15, 0.2) is 23.9 Å². The minimum absolute atomic E-state index is 0.279. The fourth-order valence-corrected chi connectivity index (χ4v) is 3.84. The molecule has 1 N–H and O–H groups in total. The molecule has 0 saturated carbocycles. The van der Waals surface area contributed by atoms with Gasteiger partial charge in [0.05, 0.1) is 18.8 Å². The van der Waals surface area contributed by atoms with Gasteiger partial charge >= 0.3 is 5.97 Å². The van der Waals surface area contributed by atoms with Gasteiger partial charge in [0.25, 0.3) is 0 Å². The molecule has 3 rings (SSSR count). The Morgan fingerprint density at radius 1 is 1.14 bits per heavy atom. The first kappa shape index (κ1) is 19.9. The van der Waals surface area contributed by atoms with Crippen LogP contribution in [0.2, 0.25) is 0 Å². The minimum Gasteiger partial charge on any atom is -0.490 e. The van der Waals surface area contributed by atoms with Crippen molar-refractivity contribution in [3.05, 3.63) is 39.8 Å². The summed E-state index contributed by atoms with van der Waals surface area (Å²) in [6.07, 6.45) is 0.769. The lowest BCUT2D eigenvalue weighted by molar-refractivity contribution is -0.114. The van der Waals surface area contributed by atoms with E-state index in [2.05, 4.69) is 5.32 Å². The summed E-state index contributed by atoms with van der Waals surface area (Å²) in [5, 5.41) is 3.07. The second-order valence-electron chi connectivity index (χ2n) is 6.38. The van der Waals surface area contributed by atoms with E-state index in [-0.39, 0.29) is 17.3 Å². The summed E-state index contributed by atoms with van der Waals surface area (Å²) < 4.78 is 16.4. The summed E-state index contributed by atoms with van der Waals surface area (Å²) in [6.45, 7) is 5.67. The van der Waals surface area contributed by atoms with Crippen molar-refractivity contribution in [3.8, 4) is 11.5 Å². The Balaban J connectivity index is 1.71. The number of benzene rings is 1. The van der Waals surface area contributed by atoms with E-state index in [9.17, 15) is 14.4 Å². The van der Waals surface area contributed by atoms with Crippen LogP contribution >= 0.6 is 11.3 Å². The molecule has 148 valence electrons. The van der Waals surface area contributed by atoms with Crippen molar-refractivity contribution < 1.29 is 28.6 Å². The Bertz CT molecular complexity index is 933. The molecule has 1 aliphatic rings. The molecule has 1 aromatic carbocycles. The summed E-state index contributed by atoms with van der Waals surface area (Å²) >= 11 is 1.30. The van der Waals surface area contributed by atoms with Crippen LogP contribution in [0.4, 0.5) is 5.00 Å². The summed E-state index contributed by atoms with van der Waals surface area (Å²) in [7, 11) is 0. The molecule has 8 heteroatoms. The van der Waals surface area contributed by atoms with Crippen molar-refractivity contribution in [1.29, 1.82) is 0 Å². The van der Waals surface area contributed by atoms with E-state index >= 15 is 0 Å². The molecule has 0 bridgehead atoms. The van der Waals surface area contributed by atoms with Gasteiger partial charge in [0.1, 0.15) is 5.00 Å². The monoisotopic (exact) mass is 403 g/mol. The second kappa shape index (κ2) is 8.43. The van der Waals surface area contributed by atoms with Crippen molar-refractivity contribution in [3.63, 3.8) is 0 Å². The van der Waals surface area contributed by atoms with Crippen molar-refractivity contribution in [2.75, 3.05) is 25.1 Å². The number of hydrogen-bond acceptors (Lipinski definition) is 7. The smallest absolute Gasteiger partial charge is 0.341 e. The zero-order chi connectivity index (χ0) is 20.3. The van der Waals surface area contributed by atoms with E-state index in [1.807, 2.05) is 6.92 Å².